The highest BCUT2D eigenvalue weighted by molar-refractivity contribution is 7.91. The molecule has 22 heavy (non-hydrogen) atoms. The van der Waals surface area contributed by atoms with Crippen molar-refractivity contribution in [3.63, 3.8) is 0 Å². The molecule has 1 unspecified atom stereocenters. The van der Waals surface area contributed by atoms with E-state index in [1.165, 1.54) is 21.8 Å². The van der Waals surface area contributed by atoms with Crippen LogP contribution in [0.4, 0.5) is 0 Å². The van der Waals surface area contributed by atoms with Gasteiger partial charge >= 0.3 is 0 Å². The van der Waals surface area contributed by atoms with Gasteiger partial charge in [0.05, 0.1) is 11.8 Å². The van der Waals surface area contributed by atoms with Gasteiger partial charge in [0.1, 0.15) is 4.21 Å². The lowest BCUT2D eigenvalue weighted by molar-refractivity contribution is 0.0961. The molecule has 1 aliphatic rings. The van der Waals surface area contributed by atoms with Crippen molar-refractivity contribution in [1.82, 2.24) is 14.1 Å². The lowest BCUT2D eigenvalue weighted by Crippen LogP contribution is -2.36. The van der Waals surface area contributed by atoms with Gasteiger partial charge in [-0.15, -0.1) is 11.3 Å². The van der Waals surface area contributed by atoms with E-state index in [1.807, 2.05) is 0 Å². The molecule has 3 heterocycles. The zero-order valence-corrected chi connectivity index (χ0v) is 13.8. The summed E-state index contributed by atoms with van der Waals surface area (Å²) in [4.78, 5) is 12.3. The zero-order chi connectivity index (χ0) is 15.7. The summed E-state index contributed by atoms with van der Waals surface area (Å²) in [6.07, 6.45) is 4.90. The summed E-state index contributed by atoms with van der Waals surface area (Å²) < 4.78 is 28.7. The lowest BCUT2D eigenvalue weighted by atomic mass is 10.1. The molecule has 0 spiro atoms. The second-order valence-electron chi connectivity index (χ2n) is 5.37. The summed E-state index contributed by atoms with van der Waals surface area (Å²) in [6, 6.07) is 3.07. The molecule has 8 heteroatoms. The fourth-order valence-electron chi connectivity index (χ4n) is 2.75. The molecule has 1 aliphatic heterocycles. The Hall–Kier alpha value is -1.51. The van der Waals surface area contributed by atoms with Crippen molar-refractivity contribution < 1.29 is 13.2 Å². The standard InChI is InChI=1S/C14H17N3O3S2/c1-16-10-11(9-15-16)13(18)8-12-4-2-6-17(12)22(19,20)14-5-3-7-21-14/h3,5,7,9-10,12H,2,4,6,8H2,1H3. The van der Waals surface area contributed by atoms with Gasteiger partial charge in [-0.1, -0.05) is 6.07 Å². The normalized spacial score (nSPS) is 19.6. The van der Waals surface area contributed by atoms with Gasteiger partial charge in [0.25, 0.3) is 10.0 Å². The minimum absolute atomic E-state index is 0.0635. The van der Waals surface area contributed by atoms with Crippen LogP contribution >= 0.6 is 11.3 Å². The number of carbonyl (C=O) groups excluding carboxylic acids is 1. The first kappa shape index (κ1) is 15.4. The Morgan fingerprint density at radius 3 is 2.95 bits per heavy atom. The topological polar surface area (TPSA) is 72.3 Å². The molecular formula is C14H17N3O3S2. The van der Waals surface area contributed by atoms with E-state index in [-0.39, 0.29) is 18.2 Å². The molecule has 0 saturated carbocycles. The monoisotopic (exact) mass is 339 g/mol. The number of hydrogen-bond donors (Lipinski definition) is 0. The highest BCUT2D eigenvalue weighted by atomic mass is 32.2. The molecule has 0 amide bonds. The van der Waals surface area contributed by atoms with Crippen LogP contribution < -0.4 is 0 Å². The van der Waals surface area contributed by atoms with Crippen LogP contribution in [-0.4, -0.2) is 40.9 Å². The Balaban J connectivity index is 1.78. The van der Waals surface area contributed by atoms with Gasteiger partial charge in [0, 0.05) is 32.3 Å². The van der Waals surface area contributed by atoms with Crippen LogP contribution in [-0.2, 0) is 17.1 Å². The van der Waals surface area contributed by atoms with Crippen LogP contribution in [0.15, 0.2) is 34.1 Å². The van der Waals surface area contributed by atoms with Crippen molar-refractivity contribution in [2.75, 3.05) is 6.54 Å². The van der Waals surface area contributed by atoms with Crippen molar-refractivity contribution >= 4 is 27.1 Å². The predicted molar refractivity (Wildman–Crippen MR) is 83.4 cm³/mol. The fraction of sp³-hybridized carbons (Fsp3) is 0.429. The Morgan fingerprint density at radius 2 is 2.32 bits per heavy atom. The summed E-state index contributed by atoms with van der Waals surface area (Å²) >= 11 is 1.21. The predicted octanol–water partition coefficient (Wildman–Crippen LogP) is 1.91. The van der Waals surface area contributed by atoms with E-state index >= 15 is 0 Å². The SMILES string of the molecule is Cn1cc(C(=O)CC2CCCN2S(=O)(=O)c2cccs2)cn1. The molecule has 0 N–H and O–H groups in total. The van der Waals surface area contributed by atoms with E-state index in [1.54, 1.807) is 35.4 Å². The van der Waals surface area contributed by atoms with Crippen molar-refractivity contribution in [2.45, 2.75) is 29.5 Å². The number of hydrogen-bond acceptors (Lipinski definition) is 5. The molecule has 0 radical (unpaired) electrons. The Morgan fingerprint density at radius 1 is 1.50 bits per heavy atom. The minimum atomic E-state index is -3.49. The van der Waals surface area contributed by atoms with Gasteiger partial charge in [0.15, 0.2) is 5.78 Å². The van der Waals surface area contributed by atoms with Crippen LogP contribution in [0.5, 0.6) is 0 Å². The molecule has 0 aliphatic carbocycles. The van der Waals surface area contributed by atoms with Gasteiger partial charge in [0.2, 0.25) is 0 Å². The number of carbonyl (C=O) groups is 1. The first-order chi connectivity index (χ1) is 10.5. The highest BCUT2D eigenvalue weighted by Crippen LogP contribution is 2.30. The molecule has 1 fully saturated rings. The van der Waals surface area contributed by atoms with Crippen molar-refractivity contribution in [2.24, 2.45) is 7.05 Å². The maximum atomic E-state index is 12.6. The third kappa shape index (κ3) is 2.86. The summed E-state index contributed by atoms with van der Waals surface area (Å²) in [5.74, 6) is -0.0635. The van der Waals surface area contributed by atoms with Gasteiger partial charge in [-0.3, -0.25) is 9.48 Å². The van der Waals surface area contributed by atoms with Crippen molar-refractivity contribution in [3.8, 4) is 0 Å². The number of Topliss-reactive ketones (excluding diaryl/α,β-unsaturated/α-hetero) is 1. The number of thiophene rings is 1. The van der Waals surface area contributed by atoms with E-state index in [9.17, 15) is 13.2 Å². The number of aryl methyl sites for hydroxylation is 1. The Bertz CT molecular complexity index is 765. The van der Waals surface area contributed by atoms with Gasteiger partial charge in [-0.05, 0) is 24.3 Å². The molecule has 1 saturated heterocycles. The number of nitrogens with zero attached hydrogens (tertiary/aromatic N) is 3. The van der Waals surface area contributed by atoms with Crippen LogP contribution in [0.2, 0.25) is 0 Å². The Kier molecular flexibility index (Phi) is 4.16. The van der Waals surface area contributed by atoms with E-state index in [0.29, 0.717) is 16.3 Å². The average molecular weight is 339 g/mol. The highest BCUT2D eigenvalue weighted by Gasteiger charge is 2.37. The number of aromatic nitrogens is 2. The molecule has 2 aromatic rings. The number of sulfonamides is 1. The zero-order valence-electron chi connectivity index (χ0n) is 12.2. The van der Waals surface area contributed by atoms with E-state index in [4.69, 9.17) is 0 Å². The Labute approximate surface area is 133 Å². The summed E-state index contributed by atoms with van der Waals surface area (Å²) in [7, 11) is -1.74. The quantitative estimate of drug-likeness (QED) is 0.780. The summed E-state index contributed by atoms with van der Waals surface area (Å²) in [6.45, 7) is 0.477. The van der Waals surface area contributed by atoms with Gasteiger partial charge < -0.3 is 0 Å². The van der Waals surface area contributed by atoms with E-state index in [0.717, 1.165) is 12.8 Å². The lowest BCUT2D eigenvalue weighted by Gasteiger charge is -2.22. The molecule has 2 aromatic heterocycles. The maximum absolute atomic E-state index is 12.6. The maximum Gasteiger partial charge on any atom is 0.252 e. The molecule has 1 atom stereocenters. The first-order valence-corrected chi connectivity index (χ1v) is 9.37. The summed E-state index contributed by atoms with van der Waals surface area (Å²) in [5.41, 5.74) is 0.530. The van der Waals surface area contributed by atoms with Gasteiger partial charge in [-0.2, -0.15) is 9.40 Å². The van der Waals surface area contributed by atoms with E-state index < -0.39 is 10.0 Å². The summed E-state index contributed by atoms with van der Waals surface area (Å²) in [5, 5.41) is 5.74. The second-order valence-corrected chi connectivity index (χ2v) is 8.44. The third-order valence-corrected chi connectivity index (χ3v) is 7.15. The molecule has 3 rings (SSSR count). The van der Waals surface area contributed by atoms with Crippen LogP contribution in [0.25, 0.3) is 0 Å². The average Bonchev–Trinajstić information content (AvgIpc) is 3.19. The fourth-order valence-corrected chi connectivity index (χ4v) is 5.56. The van der Waals surface area contributed by atoms with Crippen molar-refractivity contribution in [3.05, 3.63) is 35.5 Å². The van der Waals surface area contributed by atoms with Crippen LogP contribution in [0.1, 0.15) is 29.6 Å². The molecule has 118 valence electrons. The smallest absolute Gasteiger partial charge is 0.252 e. The molecular weight excluding hydrogens is 322 g/mol. The third-order valence-electron chi connectivity index (χ3n) is 3.83. The number of ketones is 1. The molecule has 6 nitrogen and oxygen atoms in total. The largest absolute Gasteiger partial charge is 0.294 e. The van der Waals surface area contributed by atoms with Gasteiger partial charge in [-0.25, -0.2) is 8.42 Å². The molecule has 0 bridgehead atoms. The van der Waals surface area contributed by atoms with E-state index in [2.05, 4.69) is 5.10 Å². The van der Waals surface area contributed by atoms with Crippen LogP contribution in [0.3, 0.4) is 0 Å². The first-order valence-electron chi connectivity index (χ1n) is 7.05. The number of rotatable bonds is 5. The van der Waals surface area contributed by atoms with Crippen LogP contribution in [0, 0.1) is 0 Å². The minimum Gasteiger partial charge on any atom is -0.294 e. The van der Waals surface area contributed by atoms with Crippen molar-refractivity contribution in [1.29, 1.82) is 0 Å². The second kappa shape index (κ2) is 5.94. The molecule has 0 aromatic carbocycles.